The van der Waals surface area contributed by atoms with Crippen LogP contribution in [0.5, 0.6) is 5.75 Å². The number of ether oxygens (including phenoxy) is 3. The molecule has 1 aliphatic rings. The van der Waals surface area contributed by atoms with Gasteiger partial charge in [0.2, 0.25) is 0 Å². The monoisotopic (exact) mass is 365 g/mol. The average Bonchev–Trinajstić information content (AvgIpc) is 3.31. The molecule has 1 saturated heterocycles. The summed E-state index contributed by atoms with van der Waals surface area (Å²) in [5.41, 5.74) is 0.863. The highest BCUT2D eigenvalue weighted by Crippen LogP contribution is 2.26. The summed E-state index contributed by atoms with van der Waals surface area (Å²) in [7, 11) is 1.63. The van der Waals surface area contributed by atoms with Crippen LogP contribution in [0.3, 0.4) is 0 Å². The Morgan fingerprint density at radius 2 is 2.32 bits per heavy atom. The van der Waals surface area contributed by atoms with Gasteiger partial charge in [-0.1, -0.05) is 23.9 Å². The van der Waals surface area contributed by atoms with Crippen LogP contribution < -0.4 is 4.74 Å². The molecule has 1 fully saturated rings. The third-order valence-corrected chi connectivity index (χ3v) is 4.99. The predicted molar refractivity (Wildman–Crippen MR) is 94.4 cm³/mol. The van der Waals surface area contributed by atoms with E-state index in [-0.39, 0.29) is 12.7 Å². The van der Waals surface area contributed by atoms with Crippen LogP contribution in [0.4, 0.5) is 0 Å². The Bertz CT molecular complexity index is 661. The van der Waals surface area contributed by atoms with Crippen molar-refractivity contribution < 1.29 is 19.3 Å². The summed E-state index contributed by atoms with van der Waals surface area (Å²) in [5, 5.41) is 18.9. The first kappa shape index (κ1) is 18.2. The molecule has 2 aromatic rings. The Morgan fingerprint density at radius 3 is 3.12 bits per heavy atom. The zero-order valence-electron chi connectivity index (χ0n) is 14.2. The lowest BCUT2D eigenvalue weighted by Crippen LogP contribution is -2.22. The van der Waals surface area contributed by atoms with E-state index < -0.39 is 6.10 Å². The molecule has 3 rings (SSSR count). The van der Waals surface area contributed by atoms with Gasteiger partial charge in [-0.2, -0.15) is 0 Å². The van der Waals surface area contributed by atoms with Gasteiger partial charge in [0.1, 0.15) is 12.1 Å². The van der Waals surface area contributed by atoms with Gasteiger partial charge in [0, 0.05) is 12.4 Å². The van der Waals surface area contributed by atoms with E-state index in [1.54, 1.807) is 13.4 Å². The highest BCUT2D eigenvalue weighted by molar-refractivity contribution is 7.99. The van der Waals surface area contributed by atoms with Gasteiger partial charge in [-0.3, -0.25) is 4.57 Å². The van der Waals surface area contributed by atoms with Crippen LogP contribution in [0.1, 0.15) is 12.8 Å². The SMILES string of the molecule is COc1ccccc1-n1cnnc1SC[C@@H](O)COC[C@H]1CCCO1. The standard InChI is InChI=1S/C17H23N3O4S/c1-22-16-7-3-2-6-15(16)20-12-18-19-17(20)25-11-13(21)9-23-10-14-5-4-8-24-14/h2-3,6-7,12-14,21H,4-5,8-11H2,1H3/t13-,14+/m0/s1. The van der Waals surface area contributed by atoms with Crippen LogP contribution in [-0.2, 0) is 9.47 Å². The van der Waals surface area contributed by atoms with E-state index in [0.717, 1.165) is 30.9 Å². The Balaban J connectivity index is 1.51. The molecule has 7 nitrogen and oxygen atoms in total. The van der Waals surface area contributed by atoms with E-state index in [1.165, 1.54) is 11.8 Å². The fraction of sp³-hybridized carbons (Fsp3) is 0.529. The summed E-state index contributed by atoms with van der Waals surface area (Å²) >= 11 is 1.43. The summed E-state index contributed by atoms with van der Waals surface area (Å²) < 4.78 is 18.3. The predicted octanol–water partition coefficient (Wildman–Crippen LogP) is 1.92. The molecule has 8 heteroatoms. The van der Waals surface area contributed by atoms with Gasteiger partial charge < -0.3 is 19.3 Å². The van der Waals surface area contributed by atoms with Crippen LogP contribution in [0, 0.1) is 0 Å². The Morgan fingerprint density at radius 1 is 1.44 bits per heavy atom. The number of aliphatic hydroxyl groups excluding tert-OH is 1. The maximum absolute atomic E-state index is 10.1. The molecule has 2 atom stereocenters. The Labute approximate surface area is 151 Å². The van der Waals surface area contributed by atoms with Crippen molar-refractivity contribution in [3.8, 4) is 11.4 Å². The van der Waals surface area contributed by atoms with E-state index in [9.17, 15) is 5.11 Å². The molecule has 25 heavy (non-hydrogen) atoms. The molecule has 0 bridgehead atoms. The number of benzene rings is 1. The van der Waals surface area contributed by atoms with E-state index >= 15 is 0 Å². The lowest BCUT2D eigenvalue weighted by atomic mass is 10.2. The van der Waals surface area contributed by atoms with E-state index in [1.807, 2.05) is 28.8 Å². The highest BCUT2D eigenvalue weighted by atomic mass is 32.2. The summed E-state index contributed by atoms with van der Waals surface area (Å²) in [6.45, 7) is 1.64. The highest BCUT2D eigenvalue weighted by Gasteiger charge is 2.17. The van der Waals surface area contributed by atoms with Crippen molar-refractivity contribution in [3.63, 3.8) is 0 Å². The van der Waals surface area contributed by atoms with Gasteiger partial charge in [0.05, 0.1) is 38.2 Å². The zero-order valence-corrected chi connectivity index (χ0v) is 15.0. The van der Waals surface area contributed by atoms with Crippen molar-refractivity contribution in [1.29, 1.82) is 0 Å². The second-order valence-corrected chi connectivity index (χ2v) is 6.78. The van der Waals surface area contributed by atoms with Crippen molar-refractivity contribution in [2.75, 3.05) is 32.7 Å². The van der Waals surface area contributed by atoms with Gasteiger partial charge in [0.15, 0.2) is 5.16 Å². The Kier molecular flexibility index (Phi) is 6.69. The second kappa shape index (κ2) is 9.19. The number of thioether (sulfide) groups is 1. The van der Waals surface area contributed by atoms with Gasteiger partial charge in [-0.25, -0.2) is 0 Å². The van der Waals surface area contributed by atoms with Crippen molar-refractivity contribution in [1.82, 2.24) is 14.8 Å². The molecule has 0 spiro atoms. The number of hydrogen-bond donors (Lipinski definition) is 1. The number of nitrogens with zero attached hydrogens (tertiary/aromatic N) is 3. The molecule has 0 amide bonds. The smallest absolute Gasteiger partial charge is 0.195 e. The fourth-order valence-electron chi connectivity index (χ4n) is 2.65. The number of para-hydroxylation sites is 2. The fourth-order valence-corrected chi connectivity index (χ4v) is 3.47. The second-order valence-electron chi connectivity index (χ2n) is 5.79. The summed E-state index contributed by atoms with van der Waals surface area (Å²) in [4.78, 5) is 0. The van der Waals surface area contributed by atoms with E-state index in [2.05, 4.69) is 10.2 Å². The molecule has 0 saturated carbocycles. The first-order chi connectivity index (χ1) is 12.3. The minimum absolute atomic E-state index is 0.175. The van der Waals surface area contributed by atoms with Crippen LogP contribution in [0.2, 0.25) is 0 Å². The minimum Gasteiger partial charge on any atom is -0.495 e. The quantitative estimate of drug-likeness (QED) is 0.680. The summed E-state index contributed by atoms with van der Waals surface area (Å²) in [6, 6.07) is 7.67. The maximum atomic E-state index is 10.1. The number of methoxy groups -OCH3 is 1. The van der Waals surface area contributed by atoms with Crippen LogP contribution in [0.15, 0.2) is 35.7 Å². The molecule has 1 aromatic heterocycles. The van der Waals surface area contributed by atoms with Crippen molar-refractivity contribution >= 4 is 11.8 Å². The number of aliphatic hydroxyl groups is 1. The van der Waals surface area contributed by atoms with Crippen molar-refractivity contribution in [2.45, 2.75) is 30.2 Å². The van der Waals surface area contributed by atoms with Gasteiger partial charge in [0.25, 0.3) is 0 Å². The van der Waals surface area contributed by atoms with Crippen molar-refractivity contribution in [2.24, 2.45) is 0 Å². The molecule has 0 unspecified atom stereocenters. The number of hydrogen-bond acceptors (Lipinski definition) is 7. The maximum Gasteiger partial charge on any atom is 0.195 e. The lowest BCUT2D eigenvalue weighted by molar-refractivity contribution is -0.0114. The Hall–Kier alpha value is -1.61. The lowest BCUT2D eigenvalue weighted by Gasteiger charge is -2.14. The number of rotatable bonds is 9. The third kappa shape index (κ3) is 4.94. The van der Waals surface area contributed by atoms with Crippen LogP contribution in [0.25, 0.3) is 5.69 Å². The minimum atomic E-state index is -0.575. The molecule has 1 aliphatic heterocycles. The largest absolute Gasteiger partial charge is 0.495 e. The van der Waals surface area contributed by atoms with Crippen LogP contribution >= 0.6 is 11.8 Å². The first-order valence-corrected chi connectivity index (χ1v) is 9.30. The molecular formula is C17H23N3O4S. The first-order valence-electron chi connectivity index (χ1n) is 8.31. The molecule has 1 N–H and O–H groups in total. The van der Waals surface area contributed by atoms with Crippen molar-refractivity contribution in [3.05, 3.63) is 30.6 Å². The van der Waals surface area contributed by atoms with E-state index in [0.29, 0.717) is 17.5 Å². The van der Waals surface area contributed by atoms with Gasteiger partial charge in [-0.15, -0.1) is 10.2 Å². The van der Waals surface area contributed by atoms with Crippen LogP contribution in [-0.4, -0.2) is 64.8 Å². The average molecular weight is 365 g/mol. The van der Waals surface area contributed by atoms with Gasteiger partial charge in [-0.05, 0) is 25.0 Å². The summed E-state index contributed by atoms with van der Waals surface area (Å²) in [5.74, 6) is 1.21. The van der Waals surface area contributed by atoms with E-state index in [4.69, 9.17) is 14.2 Å². The molecule has 1 aromatic carbocycles. The third-order valence-electron chi connectivity index (χ3n) is 3.90. The molecule has 2 heterocycles. The zero-order chi connectivity index (χ0) is 17.5. The molecule has 0 aliphatic carbocycles. The molecule has 0 radical (unpaired) electrons. The van der Waals surface area contributed by atoms with Gasteiger partial charge >= 0.3 is 0 Å². The number of aromatic nitrogens is 3. The summed E-state index contributed by atoms with van der Waals surface area (Å²) in [6.07, 6.45) is 3.36. The molecule has 136 valence electrons. The topological polar surface area (TPSA) is 78.6 Å². The normalized spacial score (nSPS) is 18.4. The molecular weight excluding hydrogens is 342 g/mol.